The molecule has 1 fully saturated rings. The lowest BCUT2D eigenvalue weighted by Crippen LogP contribution is -2.56. The molecule has 2 rings (SSSR count). The number of primary amides is 1. The fourth-order valence-corrected chi connectivity index (χ4v) is 3.66. The first-order valence-corrected chi connectivity index (χ1v) is 9.58. The van der Waals surface area contributed by atoms with Crippen LogP contribution in [-0.2, 0) is 4.79 Å². The molecule has 0 radical (unpaired) electrons. The second-order valence-electron chi connectivity index (χ2n) is 8.36. The van der Waals surface area contributed by atoms with Crippen LogP contribution in [0.25, 0.3) is 0 Å². The van der Waals surface area contributed by atoms with Gasteiger partial charge in [-0.05, 0) is 42.2 Å². The third-order valence-corrected chi connectivity index (χ3v) is 5.29. The maximum atomic E-state index is 14.3. The number of hydrogen-bond acceptors (Lipinski definition) is 3. The molecule has 154 valence electrons. The number of carbonyl (C=O) groups excluding carboxylic acids is 1. The Morgan fingerprint density at radius 3 is 2.00 bits per heavy atom. The predicted molar refractivity (Wildman–Crippen MR) is 101 cm³/mol. The van der Waals surface area contributed by atoms with Gasteiger partial charge in [0, 0.05) is 0 Å². The largest absolute Gasteiger partial charge is 0.408 e. The minimum absolute atomic E-state index is 0.0217. The molecule has 1 saturated carbocycles. The van der Waals surface area contributed by atoms with E-state index in [-0.39, 0.29) is 23.8 Å². The van der Waals surface area contributed by atoms with E-state index < -0.39 is 29.7 Å². The highest BCUT2D eigenvalue weighted by Crippen LogP contribution is 2.52. The Balaban J connectivity index is 2.60. The molecule has 1 aliphatic carbocycles. The number of nitriles is 1. The topological polar surface area (TPSA) is 70.1 Å². The molecule has 1 amide bonds. The lowest BCUT2D eigenvalue weighted by Gasteiger charge is -2.41. The van der Waals surface area contributed by atoms with Crippen molar-refractivity contribution < 1.29 is 18.0 Å². The molecule has 1 aromatic carbocycles. The molecule has 1 aromatic rings. The Morgan fingerprint density at radius 1 is 1.18 bits per heavy atom. The number of benzene rings is 1. The van der Waals surface area contributed by atoms with Crippen LogP contribution in [0.2, 0.25) is 0 Å². The number of carbonyl (C=O) groups is 1. The summed E-state index contributed by atoms with van der Waals surface area (Å²) in [4.78, 5) is 13.2. The molecule has 1 aliphatic rings. The third-order valence-electron chi connectivity index (χ3n) is 5.29. The summed E-state index contributed by atoms with van der Waals surface area (Å²) in [5.41, 5.74) is 5.16. The predicted octanol–water partition coefficient (Wildman–Crippen LogP) is 4.67. The van der Waals surface area contributed by atoms with Gasteiger partial charge >= 0.3 is 6.18 Å². The van der Waals surface area contributed by atoms with Crippen molar-refractivity contribution in [1.82, 2.24) is 4.90 Å². The molecule has 4 nitrogen and oxygen atoms in total. The van der Waals surface area contributed by atoms with Gasteiger partial charge in [-0.15, -0.1) is 0 Å². The van der Waals surface area contributed by atoms with Crippen molar-refractivity contribution in [2.75, 3.05) is 0 Å². The van der Waals surface area contributed by atoms with Crippen LogP contribution >= 0.6 is 0 Å². The zero-order valence-electron chi connectivity index (χ0n) is 16.8. The number of nitrogens with zero attached hydrogens (tertiary/aromatic N) is 2. The molecule has 0 unspecified atom stereocenters. The summed E-state index contributed by atoms with van der Waals surface area (Å²) >= 11 is 0. The van der Waals surface area contributed by atoms with Gasteiger partial charge in [-0.2, -0.15) is 18.4 Å². The van der Waals surface area contributed by atoms with Crippen molar-refractivity contribution in [2.24, 2.45) is 11.7 Å². The normalized spacial score (nSPS) is 18.2. The number of nitrogens with two attached hydrogens (primary N) is 1. The SMILES string of the molecule is CC(C)C[C@@H](C(N)=O)N([C@@H](c1ccc(C(C)C)cc1)C(F)(F)F)C1(C#N)CC1. The average Bonchev–Trinajstić information content (AvgIpc) is 3.37. The van der Waals surface area contributed by atoms with E-state index in [0.29, 0.717) is 12.8 Å². The van der Waals surface area contributed by atoms with Crippen molar-refractivity contribution in [1.29, 1.82) is 5.26 Å². The summed E-state index contributed by atoms with van der Waals surface area (Å²) in [5, 5.41) is 9.66. The standard InChI is InChI=1S/C21H28F3N3O/c1-13(2)11-17(19(26)28)27(20(12-25)9-10-20)18(21(22,23)24)16-7-5-15(6-8-16)14(3)4/h5-8,13-14,17-18H,9-11H2,1-4H3,(H2,26,28)/t17-,18-/m0/s1. The van der Waals surface area contributed by atoms with E-state index in [1.54, 1.807) is 12.1 Å². The van der Waals surface area contributed by atoms with Crippen molar-refractivity contribution in [3.05, 3.63) is 35.4 Å². The fraction of sp³-hybridized carbons (Fsp3) is 0.619. The molecule has 0 aromatic heterocycles. The molecule has 0 saturated heterocycles. The molecule has 28 heavy (non-hydrogen) atoms. The van der Waals surface area contributed by atoms with Crippen LogP contribution in [0, 0.1) is 17.2 Å². The van der Waals surface area contributed by atoms with E-state index in [1.165, 1.54) is 12.1 Å². The van der Waals surface area contributed by atoms with Gasteiger partial charge < -0.3 is 5.73 Å². The summed E-state index contributed by atoms with van der Waals surface area (Å²) in [6.07, 6.45) is -3.91. The van der Waals surface area contributed by atoms with Crippen LogP contribution in [-0.4, -0.2) is 28.6 Å². The number of alkyl halides is 3. The summed E-state index contributed by atoms with van der Waals surface area (Å²) in [6.45, 7) is 7.56. The van der Waals surface area contributed by atoms with E-state index in [2.05, 4.69) is 0 Å². The van der Waals surface area contributed by atoms with Gasteiger partial charge in [0.1, 0.15) is 11.6 Å². The van der Waals surface area contributed by atoms with E-state index >= 15 is 0 Å². The summed E-state index contributed by atoms with van der Waals surface area (Å²) < 4.78 is 42.8. The number of rotatable bonds is 8. The minimum atomic E-state index is -4.66. The second-order valence-corrected chi connectivity index (χ2v) is 8.36. The Kier molecular flexibility index (Phi) is 6.44. The van der Waals surface area contributed by atoms with Crippen LogP contribution < -0.4 is 5.73 Å². The average molecular weight is 395 g/mol. The fourth-order valence-electron chi connectivity index (χ4n) is 3.66. The Hall–Kier alpha value is -2.07. The highest BCUT2D eigenvalue weighted by molar-refractivity contribution is 5.80. The molecule has 7 heteroatoms. The maximum Gasteiger partial charge on any atom is 0.408 e. The van der Waals surface area contributed by atoms with Gasteiger partial charge in [0.25, 0.3) is 0 Å². The van der Waals surface area contributed by atoms with Crippen molar-refractivity contribution in [2.45, 2.75) is 76.7 Å². The van der Waals surface area contributed by atoms with Gasteiger partial charge in [-0.25, -0.2) is 0 Å². The van der Waals surface area contributed by atoms with E-state index in [4.69, 9.17) is 5.73 Å². The zero-order valence-corrected chi connectivity index (χ0v) is 16.8. The molecule has 2 N–H and O–H groups in total. The van der Waals surface area contributed by atoms with Gasteiger partial charge in [0.05, 0.1) is 12.1 Å². The summed E-state index contributed by atoms with van der Waals surface area (Å²) in [7, 11) is 0. The van der Waals surface area contributed by atoms with Crippen molar-refractivity contribution in [3.63, 3.8) is 0 Å². The monoisotopic (exact) mass is 395 g/mol. The molecule has 0 heterocycles. The van der Waals surface area contributed by atoms with E-state index in [1.807, 2.05) is 33.8 Å². The first-order valence-electron chi connectivity index (χ1n) is 9.58. The number of halogens is 3. The number of hydrogen-bond donors (Lipinski definition) is 1. The smallest absolute Gasteiger partial charge is 0.368 e. The van der Waals surface area contributed by atoms with Gasteiger partial charge in [-0.1, -0.05) is 52.0 Å². The van der Waals surface area contributed by atoms with Crippen LogP contribution in [0.1, 0.15) is 70.0 Å². The van der Waals surface area contributed by atoms with Crippen LogP contribution in [0.4, 0.5) is 13.2 Å². The molecule has 2 atom stereocenters. The number of amides is 1. The minimum Gasteiger partial charge on any atom is -0.368 e. The Morgan fingerprint density at radius 2 is 1.68 bits per heavy atom. The van der Waals surface area contributed by atoms with Gasteiger partial charge in [0.15, 0.2) is 0 Å². The highest BCUT2D eigenvalue weighted by atomic mass is 19.4. The Labute approximate surface area is 164 Å². The highest BCUT2D eigenvalue weighted by Gasteiger charge is 2.60. The van der Waals surface area contributed by atoms with Crippen LogP contribution in [0.5, 0.6) is 0 Å². The molecule has 0 aliphatic heterocycles. The van der Waals surface area contributed by atoms with Crippen molar-refractivity contribution >= 4 is 5.91 Å². The summed E-state index contributed by atoms with van der Waals surface area (Å²) in [5.74, 6) is -0.697. The first kappa shape index (κ1) is 22.2. The maximum absolute atomic E-state index is 14.3. The molecular formula is C21H28F3N3O. The second kappa shape index (κ2) is 8.12. The van der Waals surface area contributed by atoms with E-state index in [9.17, 15) is 23.2 Å². The third kappa shape index (κ3) is 4.67. The quantitative estimate of drug-likeness (QED) is 0.695. The Bertz CT molecular complexity index is 731. The van der Waals surface area contributed by atoms with Crippen LogP contribution in [0.3, 0.4) is 0 Å². The van der Waals surface area contributed by atoms with Gasteiger partial charge in [0.2, 0.25) is 5.91 Å². The lowest BCUT2D eigenvalue weighted by molar-refractivity contribution is -0.200. The molecule has 0 bridgehead atoms. The zero-order chi connectivity index (χ0) is 21.3. The van der Waals surface area contributed by atoms with Crippen LogP contribution in [0.15, 0.2) is 24.3 Å². The summed E-state index contributed by atoms with van der Waals surface area (Å²) in [6, 6.07) is 5.03. The first-order chi connectivity index (χ1) is 12.9. The lowest BCUT2D eigenvalue weighted by atomic mass is 9.93. The van der Waals surface area contributed by atoms with Crippen molar-refractivity contribution in [3.8, 4) is 6.07 Å². The van der Waals surface area contributed by atoms with Gasteiger partial charge in [-0.3, -0.25) is 9.69 Å². The molecular weight excluding hydrogens is 367 g/mol. The molecule has 0 spiro atoms. The van der Waals surface area contributed by atoms with E-state index in [0.717, 1.165) is 10.5 Å².